The smallest absolute Gasteiger partial charge is 0.418 e. The molecule has 0 aliphatic carbocycles. The van der Waals surface area contributed by atoms with Crippen molar-refractivity contribution >= 4 is 33.2 Å². The van der Waals surface area contributed by atoms with Gasteiger partial charge in [0.25, 0.3) is 0 Å². The lowest BCUT2D eigenvalue weighted by molar-refractivity contribution is -0.137. The monoisotopic (exact) mass is 512 g/mol. The Morgan fingerprint density at radius 3 is 2.26 bits per heavy atom. The number of amides is 1. The summed E-state index contributed by atoms with van der Waals surface area (Å²) in [6.07, 6.45) is -4.89. The van der Waals surface area contributed by atoms with Crippen LogP contribution in [-0.2, 0) is 27.4 Å². The van der Waals surface area contributed by atoms with Crippen LogP contribution < -0.4 is 14.8 Å². The Labute approximate surface area is 199 Å². The lowest BCUT2D eigenvalue weighted by atomic mass is 10.1. The van der Waals surface area contributed by atoms with Crippen LogP contribution in [0.5, 0.6) is 5.75 Å². The number of hydrogen-bond acceptors (Lipinski definition) is 4. The third-order valence-corrected chi connectivity index (χ3v) is 6.53. The van der Waals surface area contributed by atoms with Crippen LogP contribution in [0.4, 0.5) is 18.9 Å². The molecule has 1 amide bonds. The summed E-state index contributed by atoms with van der Waals surface area (Å²) in [5.74, 6) is -0.534. The number of methoxy groups -OCH3 is 1. The van der Waals surface area contributed by atoms with Crippen molar-refractivity contribution in [2.24, 2.45) is 0 Å². The van der Waals surface area contributed by atoms with Crippen LogP contribution in [-0.4, -0.2) is 27.5 Å². The molecule has 0 bridgehead atoms. The lowest BCUT2D eigenvalue weighted by Gasteiger charge is -2.21. The topological polar surface area (TPSA) is 84.5 Å². The highest BCUT2D eigenvalue weighted by atomic mass is 35.5. The third kappa shape index (κ3) is 6.49. The molecule has 1 unspecified atom stereocenters. The fourth-order valence-electron chi connectivity index (χ4n) is 3.13. The standard InChI is InChI=1S/C23H20ClF3N2O4S/c1-33-17-8-10-18(11-9-17)34(31,32)29-21(13-15-5-3-2-4-6-15)22(30)28-20-12-7-16(24)14-19(20)23(25,26)27/h2-12,14,21,29H,13H2,1H3,(H,28,30). The maximum atomic E-state index is 13.4. The van der Waals surface area contributed by atoms with E-state index >= 15 is 0 Å². The average molecular weight is 513 g/mol. The second-order valence-electron chi connectivity index (χ2n) is 7.22. The maximum absolute atomic E-state index is 13.4. The first-order chi connectivity index (χ1) is 16.0. The van der Waals surface area contributed by atoms with Gasteiger partial charge in [0.05, 0.1) is 23.3 Å². The second-order valence-corrected chi connectivity index (χ2v) is 9.37. The first-order valence-electron chi connectivity index (χ1n) is 9.87. The van der Waals surface area contributed by atoms with E-state index in [4.69, 9.17) is 16.3 Å². The molecule has 0 heterocycles. The van der Waals surface area contributed by atoms with Crippen molar-refractivity contribution in [2.75, 3.05) is 12.4 Å². The zero-order valence-corrected chi connectivity index (χ0v) is 19.3. The maximum Gasteiger partial charge on any atom is 0.418 e. The predicted octanol–water partition coefficient (Wildman–Crippen LogP) is 4.90. The number of hydrogen-bond donors (Lipinski definition) is 2. The minimum atomic E-state index is -4.79. The molecular weight excluding hydrogens is 493 g/mol. The number of halogens is 4. The van der Waals surface area contributed by atoms with E-state index in [1.165, 1.54) is 37.4 Å². The number of carbonyl (C=O) groups excluding carboxylic acids is 1. The molecule has 0 radical (unpaired) electrons. The van der Waals surface area contributed by atoms with Crippen molar-refractivity contribution in [3.63, 3.8) is 0 Å². The summed E-state index contributed by atoms with van der Waals surface area (Å²) in [5.41, 5.74) is -1.08. The van der Waals surface area contributed by atoms with Crippen molar-refractivity contribution < 1.29 is 31.1 Å². The average Bonchev–Trinajstić information content (AvgIpc) is 2.79. The van der Waals surface area contributed by atoms with Gasteiger partial charge in [-0.05, 0) is 54.4 Å². The van der Waals surface area contributed by atoms with Crippen molar-refractivity contribution in [1.29, 1.82) is 0 Å². The van der Waals surface area contributed by atoms with E-state index in [0.717, 1.165) is 6.07 Å². The molecule has 3 aromatic rings. The highest BCUT2D eigenvalue weighted by Gasteiger charge is 2.35. The van der Waals surface area contributed by atoms with Gasteiger partial charge in [0.1, 0.15) is 11.8 Å². The normalized spacial score (nSPS) is 12.7. The van der Waals surface area contributed by atoms with Crippen molar-refractivity contribution in [3.8, 4) is 5.75 Å². The molecule has 0 fully saturated rings. The fraction of sp³-hybridized carbons (Fsp3) is 0.174. The minimum Gasteiger partial charge on any atom is -0.497 e. The van der Waals surface area contributed by atoms with Gasteiger partial charge in [-0.3, -0.25) is 4.79 Å². The molecular formula is C23H20ClF3N2O4S. The van der Waals surface area contributed by atoms with Gasteiger partial charge in [0.15, 0.2) is 0 Å². The number of ether oxygens (including phenoxy) is 1. The number of anilines is 1. The Hall–Kier alpha value is -3.08. The van der Waals surface area contributed by atoms with Gasteiger partial charge in [-0.15, -0.1) is 0 Å². The summed E-state index contributed by atoms with van der Waals surface area (Å²) in [5, 5.41) is 2.03. The molecule has 6 nitrogen and oxygen atoms in total. The Morgan fingerprint density at radius 2 is 1.68 bits per heavy atom. The molecule has 3 rings (SSSR count). The third-order valence-electron chi connectivity index (χ3n) is 4.81. The Morgan fingerprint density at radius 1 is 1.03 bits per heavy atom. The highest BCUT2D eigenvalue weighted by Crippen LogP contribution is 2.36. The molecule has 0 aromatic heterocycles. The van der Waals surface area contributed by atoms with E-state index in [1.54, 1.807) is 30.3 Å². The summed E-state index contributed by atoms with van der Waals surface area (Å²) in [6, 6.07) is 15.4. The van der Waals surface area contributed by atoms with Crippen LogP contribution in [0.25, 0.3) is 0 Å². The Kier molecular flexibility index (Phi) is 7.86. The Balaban J connectivity index is 1.92. The van der Waals surface area contributed by atoms with Crippen molar-refractivity contribution in [2.45, 2.75) is 23.5 Å². The van der Waals surface area contributed by atoms with Gasteiger partial charge in [0.2, 0.25) is 15.9 Å². The molecule has 2 N–H and O–H groups in total. The Bertz CT molecular complexity index is 1250. The number of alkyl halides is 3. The zero-order chi connectivity index (χ0) is 24.9. The molecule has 0 aliphatic rings. The van der Waals surface area contributed by atoms with E-state index in [-0.39, 0.29) is 16.3 Å². The van der Waals surface area contributed by atoms with Crippen LogP contribution in [0.2, 0.25) is 5.02 Å². The lowest BCUT2D eigenvalue weighted by Crippen LogP contribution is -2.45. The van der Waals surface area contributed by atoms with Crippen LogP contribution in [0.1, 0.15) is 11.1 Å². The van der Waals surface area contributed by atoms with Crippen molar-refractivity contribution in [1.82, 2.24) is 4.72 Å². The predicted molar refractivity (Wildman–Crippen MR) is 122 cm³/mol. The molecule has 180 valence electrons. The number of benzene rings is 3. The number of nitrogens with one attached hydrogen (secondary N) is 2. The fourth-order valence-corrected chi connectivity index (χ4v) is 4.50. The summed E-state index contributed by atoms with van der Waals surface area (Å²) in [6.45, 7) is 0. The van der Waals surface area contributed by atoms with E-state index in [0.29, 0.717) is 17.4 Å². The molecule has 0 saturated heterocycles. The van der Waals surface area contributed by atoms with Gasteiger partial charge < -0.3 is 10.1 Å². The largest absolute Gasteiger partial charge is 0.497 e. The zero-order valence-electron chi connectivity index (χ0n) is 17.8. The van der Waals surface area contributed by atoms with Gasteiger partial charge in [-0.2, -0.15) is 17.9 Å². The SMILES string of the molecule is COc1ccc(S(=O)(=O)NC(Cc2ccccc2)C(=O)Nc2ccc(Cl)cc2C(F)(F)F)cc1. The summed E-state index contributed by atoms with van der Waals surface area (Å²) < 4.78 is 73.5. The van der Waals surface area contributed by atoms with Crippen LogP contribution in [0.3, 0.4) is 0 Å². The summed E-state index contributed by atoms with van der Waals surface area (Å²) in [4.78, 5) is 12.9. The molecule has 0 saturated carbocycles. The molecule has 34 heavy (non-hydrogen) atoms. The number of carbonyl (C=O) groups is 1. The second kappa shape index (κ2) is 10.5. The van der Waals surface area contributed by atoms with Gasteiger partial charge in [-0.25, -0.2) is 8.42 Å². The van der Waals surface area contributed by atoms with Gasteiger partial charge in [-0.1, -0.05) is 41.9 Å². The van der Waals surface area contributed by atoms with Gasteiger partial charge >= 0.3 is 6.18 Å². The first kappa shape index (κ1) is 25.5. The van der Waals surface area contributed by atoms with Gasteiger partial charge in [0, 0.05) is 5.02 Å². The molecule has 3 aromatic carbocycles. The van der Waals surface area contributed by atoms with Crippen molar-refractivity contribution in [3.05, 3.63) is 88.9 Å². The van der Waals surface area contributed by atoms with E-state index in [1.807, 2.05) is 0 Å². The molecule has 0 spiro atoms. The van der Waals surface area contributed by atoms with Crippen LogP contribution in [0.15, 0.2) is 77.7 Å². The van der Waals surface area contributed by atoms with E-state index < -0.39 is 39.4 Å². The molecule has 1 atom stereocenters. The summed E-state index contributed by atoms with van der Waals surface area (Å²) >= 11 is 5.69. The van der Waals surface area contributed by atoms with E-state index in [9.17, 15) is 26.4 Å². The molecule has 0 aliphatic heterocycles. The quantitative estimate of drug-likeness (QED) is 0.450. The van der Waals surface area contributed by atoms with Crippen LogP contribution in [0, 0.1) is 0 Å². The number of rotatable bonds is 8. The van der Waals surface area contributed by atoms with E-state index in [2.05, 4.69) is 10.0 Å². The highest BCUT2D eigenvalue weighted by molar-refractivity contribution is 7.89. The molecule has 11 heteroatoms. The minimum absolute atomic E-state index is 0.100. The summed E-state index contributed by atoms with van der Waals surface area (Å²) in [7, 11) is -2.77. The van der Waals surface area contributed by atoms with Crippen LogP contribution >= 0.6 is 11.6 Å². The first-order valence-corrected chi connectivity index (χ1v) is 11.7. The number of sulfonamides is 1.